The lowest BCUT2D eigenvalue weighted by molar-refractivity contribution is -0.118. The van der Waals surface area contributed by atoms with Crippen molar-refractivity contribution in [2.45, 2.75) is 5.75 Å². The lowest BCUT2D eigenvalue weighted by Gasteiger charge is -2.02. The van der Waals surface area contributed by atoms with Gasteiger partial charge in [0.1, 0.15) is 4.88 Å². The molecule has 2 N–H and O–H groups in total. The zero-order valence-corrected chi connectivity index (χ0v) is 11.9. The third kappa shape index (κ3) is 3.08. The number of carbonyl (C=O) groups is 2. The molecule has 0 bridgehead atoms. The maximum atomic E-state index is 11.3. The summed E-state index contributed by atoms with van der Waals surface area (Å²) >= 11 is 2.70. The Morgan fingerprint density at radius 3 is 2.79 bits per heavy atom. The third-order valence-corrected chi connectivity index (χ3v) is 4.81. The minimum absolute atomic E-state index is 0.0542. The van der Waals surface area contributed by atoms with Crippen LogP contribution in [0.1, 0.15) is 15.2 Å². The van der Waals surface area contributed by atoms with E-state index in [0.29, 0.717) is 16.4 Å². The molecule has 1 amide bonds. The molecule has 2 aromatic rings. The summed E-state index contributed by atoms with van der Waals surface area (Å²) in [5, 5.41) is 12.8. The van der Waals surface area contributed by atoms with E-state index in [1.54, 1.807) is 7.05 Å². The average molecular weight is 295 g/mol. The largest absolute Gasteiger partial charge is 0.477 e. The van der Waals surface area contributed by atoms with Crippen molar-refractivity contribution in [1.29, 1.82) is 0 Å². The smallest absolute Gasteiger partial charge is 0.346 e. The summed E-state index contributed by atoms with van der Waals surface area (Å²) in [5.41, 5.74) is 0.807. The van der Waals surface area contributed by atoms with Crippen molar-refractivity contribution in [3.05, 3.63) is 34.7 Å². The molecule has 0 atom stereocenters. The van der Waals surface area contributed by atoms with E-state index in [0.717, 1.165) is 15.6 Å². The average Bonchev–Trinajstić information content (AvgIpc) is 2.78. The summed E-state index contributed by atoms with van der Waals surface area (Å²) in [5.74, 6) is -0.100. The van der Waals surface area contributed by atoms with Gasteiger partial charge in [-0.2, -0.15) is 0 Å². The van der Waals surface area contributed by atoms with Crippen molar-refractivity contribution in [2.75, 3.05) is 12.8 Å². The summed E-state index contributed by atoms with van der Waals surface area (Å²) in [6, 6.07) is 7.63. The Labute approximate surface area is 118 Å². The van der Waals surface area contributed by atoms with Crippen LogP contribution in [0.25, 0.3) is 10.1 Å². The first-order valence-corrected chi connectivity index (χ1v) is 7.62. The Hall–Kier alpha value is -1.53. The zero-order chi connectivity index (χ0) is 13.8. The Morgan fingerprint density at radius 1 is 1.37 bits per heavy atom. The second-order valence-corrected chi connectivity index (χ2v) is 5.91. The number of carboxylic acid groups (broad SMARTS) is 1. The molecule has 1 aromatic carbocycles. The van der Waals surface area contributed by atoms with Crippen LogP contribution in [0, 0.1) is 0 Å². The Kier molecular flexibility index (Phi) is 4.44. The summed E-state index contributed by atoms with van der Waals surface area (Å²) in [7, 11) is 1.59. The molecule has 6 heteroatoms. The van der Waals surface area contributed by atoms with Gasteiger partial charge in [-0.25, -0.2) is 4.79 Å². The highest BCUT2D eigenvalue weighted by Crippen LogP contribution is 2.33. The summed E-state index contributed by atoms with van der Waals surface area (Å²) in [6.07, 6.45) is 0. The number of hydrogen-bond donors (Lipinski definition) is 2. The molecule has 1 heterocycles. The number of thiophene rings is 1. The number of carboxylic acids is 1. The molecule has 0 aliphatic carbocycles. The number of benzene rings is 1. The van der Waals surface area contributed by atoms with Crippen LogP contribution in [0.3, 0.4) is 0 Å². The van der Waals surface area contributed by atoms with Crippen molar-refractivity contribution in [1.82, 2.24) is 5.32 Å². The second-order valence-electron chi connectivity index (χ2n) is 3.88. The van der Waals surface area contributed by atoms with Crippen LogP contribution in [0.4, 0.5) is 0 Å². The standard InChI is InChI=1S/C13H13NO3S2/c1-14-11(15)7-18-6-9-8-4-2-3-5-10(8)19-12(9)13(16)17/h2-5H,6-7H2,1H3,(H,14,15)(H,16,17). The van der Waals surface area contributed by atoms with Gasteiger partial charge in [-0.15, -0.1) is 23.1 Å². The van der Waals surface area contributed by atoms with Gasteiger partial charge in [0.2, 0.25) is 5.91 Å². The van der Waals surface area contributed by atoms with Gasteiger partial charge in [0.05, 0.1) is 5.75 Å². The lowest BCUT2D eigenvalue weighted by atomic mass is 10.1. The number of hydrogen-bond acceptors (Lipinski definition) is 4. The van der Waals surface area contributed by atoms with E-state index in [1.165, 1.54) is 23.1 Å². The highest BCUT2D eigenvalue weighted by molar-refractivity contribution is 7.99. The first-order valence-electron chi connectivity index (χ1n) is 5.65. The van der Waals surface area contributed by atoms with Gasteiger partial charge < -0.3 is 10.4 Å². The fourth-order valence-electron chi connectivity index (χ4n) is 1.73. The fourth-order valence-corrected chi connectivity index (χ4v) is 3.82. The van der Waals surface area contributed by atoms with Crippen LogP contribution in [0.2, 0.25) is 0 Å². The van der Waals surface area contributed by atoms with Crippen LogP contribution < -0.4 is 5.32 Å². The predicted molar refractivity (Wildman–Crippen MR) is 79.0 cm³/mol. The minimum Gasteiger partial charge on any atom is -0.477 e. The van der Waals surface area contributed by atoms with Crippen LogP contribution in [0.5, 0.6) is 0 Å². The van der Waals surface area contributed by atoms with Crippen molar-refractivity contribution < 1.29 is 14.7 Å². The maximum Gasteiger partial charge on any atom is 0.346 e. The normalized spacial score (nSPS) is 10.6. The number of carbonyl (C=O) groups excluding carboxylic acids is 1. The van der Waals surface area contributed by atoms with Gasteiger partial charge in [-0.3, -0.25) is 4.79 Å². The van der Waals surface area contributed by atoms with E-state index < -0.39 is 5.97 Å². The molecule has 0 spiro atoms. The molecule has 0 saturated carbocycles. The number of rotatable bonds is 5. The van der Waals surface area contributed by atoms with Gasteiger partial charge in [0, 0.05) is 17.5 Å². The third-order valence-electron chi connectivity index (χ3n) is 2.65. The summed E-state index contributed by atoms with van der Waals surface area (Å²) in [4.78, 5) is 22.8. The van der Waals surface area contributed by atoms with Crippen molar-refractivity contribution >= 4 is 45.1 Å². The molecule has 100 valence electrons. The fraction of sp³-hybridized carbons (Fsp3) is 0.231. The van der Waals surface area contributed by atoms with E-state index >= 15 is 0 Å². The molecule has 0 fully saturated rings. The van der Waals surface area contributed by atoms with Crippen molar-refractivity contribution in [3.8, 4) is 0 Å². The monoisotopic (exact) mass is 295 g/mol. The minimum atomic E-state index is -0.906. The Balaban J connectivity index is 2.26. The quantitative estimate of drug-likeness (QED) is 0.889. The molecular formula is C13H13NO3S2. The maximum absolute atomic E-state index is 11.3. The van der Waals surface area contributed by atoms with Crippen LogP contribution >= 0.6 is 23.1 Å². The number of fused-ring (bicyclic) bond motifs is 1. The van der Waals surface area contributed by atoms with E-state index in [-0.39, 0.29) is 5.91 Å². The molecule has 4 nitrogen and oxygen atoms in total. The highest BCUT2D eigenvalue weighted by atomic mass is 32.2. The van der Waals surface area contributed by atoms with E-state index in [9.17, 15) is 14.7 Å². The van der Waals surface area contributed by atoms with Gasteiger partial charge >= 0.3 is 5.97 Å². The van der Waals surface area contributed by atoms with Crippen molar-refractivity contribution in [2.24, 2.45) is 0 Å². The first-order chi connectivity index (χ1) is 9.13. The predicted octanol–water partition coefficient (Wildman–Crippen LogP) is 2.58. The Morgan fingerprint density at radius 2 is 2.11 bits per heavy atom. The molecule has 0 radical (unpaired) electrons. The number of aromatic carboxylic acids is 1. The lowest BCUT2D eigenvalue weighted by Crippen LogP contribution is -2.19. The molecule has 0 saturated heterocycles. The van der Waals surface area contributed by atoms with Crippen LogP contribution in [-0.4, -0.2) is 29.8 Å². The van der Waals surface area contributed by atoms with Crippen LogP contribution in [0.15, 0.2) is 24.3 Å². The van der Waals surface area contributed by atoms with Gasteiger partial charge in [0.15, 0.2) is 0 Å². The molecule has 0 aliphatic rings. The molecule has 0 aliphatic heterocycles. The molecule has 19 heavy (non-hydrogen) atoms. The van der Waals surface area contributed by atoms with E-state index in [1.807, 2.05) is 24.3 Å². The van der Waals surface area contributed by atoms with Crippen LogP contribution in [-0.2, 0) is 10.5 Å². The van der Waals surface area contributed by atoms with Crippen molar-refractivity contribution in [3.63, 3.8) is 0 Å². The number of nitrogens with one attached hydrogen (secondary N) is 1. The second kappa shape index (κ2) is 6.08. The molecular weight excluding hydrogens is 282 g/mol. The summed E-state index contributed by atoms with van der Waals surface area (Å²) in [6.45, 7) is 0. The highest BCUT2D eigenvalue weighted by Gasteiger charge is 2.17. The Bertz CT molecular complexity index is 621. The first kappa shape index (κ1) is 13.9. The van der Waals surface area contributed by atoms with E-state index in [2.05, 4.69) is 5.32 Å². The van der Waals surface area contributed by atoms with Gasteiger partial charge in [-0.1, -0.05) is 18.2 Å². The zero-order valence-electron chi connectivity index (χ0n) is 10.3. The molecule has 0 unspecified atom stereocenters. The number of amides is 1. The topological polar surface area (TPSA) is 66.4 Å². The molecule has 2 rings (SSSR count). The van der Waals surface area contributed by atoms with Gasteiger partial charge in [-0.05, 0) is 17.0 Å². The molecule has 1 aromatic heterocycles. The SMILES string of the molecule is CNC(=O)CSCc1c(C(=O)O)sc2ccccc12. The number of thioether (sulfide) groups is 1. The van der Waals surface area contributed by atoms with Gasteiger partial charge in [0.25, 0.3) is 0 Å². The summed E-state index contributed by atoms with van der Waals surface area (Å²) < 4.78 is 0.968. The van der Waals surface area contributed by atoms with E-state index in [4.69, 9.17) is 0 Å².